The number of hydrogen-bond donors (Lipinski definition) is 2. The lowest BCUT2D eigenvalue weighted by Crippen LogP contribution is -2.31. The molecule has 0 spiro atoms. The van der Waals surface area contributed by atoms with Crippen molar-refractivity contribution in [3.05, 3.63) is 100 Å². The number of aryl methyl sites for hydroxylation is 1. The molecule has 9 heteroatoms. The van der Waals surface area contributed by atoms with E-state index in [1.807, 2.05) is 37.3 Å². The molecule has 1 unspecified atom stereocenters. The number of aromatic nitrogens is 1. The Morgan fingerprint density at radius 3 is 2.41 bits per heavy atom. The minimum Gasteiger partial charge on any atom is -0.465 e. The van der Waals surface area contributed by atoms with E-state index >= 15 is 0 Å². The number of carbonyl (C=O) groups excluding carboxylic acids is 3. The zero-order valence-corrected chi connectivity index (χ0v) is 21.3. The van der Waals surface area contributed by atoms with Crippen LogP contribution in [-0.2, 0) is 27.4 Å². The monoisotopic (exact) mass is 505 g/mol. The van der Waals surface area contributed by atoms with Crippen molar-refractivity contribution in [3.63, 3.8) is 0 Å². The van der Waals surface area contributed by atoms with Crippen molar-refractivity contribution in [2.45, 2.75) is 40.0 Å². The normalized spacial score (nSPS) is 12.8. The summed E-state index contributed by atoms with van der Waals surface area (Å²) in [6.07, 6.45) is 1.16. The van der Waals surface area contributed by atoms with Gasteiger partial charge in [-0.3, -0.25) is 4.79 Å². The number of hydrogen-bond acceptors (Lipinski definition) is 7. The van der Waals surface area contributed by atoms with Crippen molar-refractivity contribution in [2.75, 3.05) is 7.11 Å². The minimum atomic E-state index is -0.614. The van der Waals surface area contributed by atoms with Crippen LogP contribution in [0, 0.1) is 12.8 Å². The Hall–Kier alpha value is -4.40. The van der Waals surface area contributed by atoms with Crippen molar-refractivity contribution < 1.29 is 28.4 Å². The first-order valence-electron chi connectivity index (χ1n) is 11.8. The summed E-state index contributed by atoms with van der Waals surface area (Å²) in [5, 5.41) is 9.58. The van der Waals surface area contributed by atoms with E-state index in [-0.39, 0.29) is 19.1 Å². The molecule has 2 atom stereocenters. The second-order valence-corrected chi connectivity index (χ2v) is 8.60. The Morgan fingerprint density at radius 1 is 1.08 bits per heavy atom. The topological polar surface area (TPSA) is 120 Å². The van der Waals surface area contributed by atoms with E-state index in [0.29, 0.717) is 22.6 Å². The molecule has 0 radical (unpaired) electrons. The van der Waals surface area contributed by atoms with Gasteiger partial charge in [-0.25, -0.2) is 9.59 Å². The molecule has 2 amide bonds. The summed E-state index contributed by atoms with van der Waals surface area (Å²) in [4.78, 5) is 37.2. The first kappa shape index (κ1) is 27.2. The lowest BCUT2D eigenvalue weighted by atomic mass is 9.95. The van der Waals surface area contributed by atoms with Gasteiger partial charge in [0, 0.05) is 6.07 Å². The summed E-state index contributed by atoms with van der Waals surface area (Å²) in [5.74, 6) is -0.490. The van der Waals surface area contributed by atoms with Gasteiger partial charge < -0.3 is 24.6 Å². The quantitative estimate of drug-likeness (QED) is 0.304. The summed E-state index contributed by atoms with van der Waals surface area (Å²) in [7, 11) is 1.31. The van der Waals surface area contributed by atoms with Crippen LogP contribution < -0.4 is 10.6 Å². The highest BCUT2D eigenvalue weighted by molar-refractivity contribution is 5.89. The van der Waals surface area contributed by atoms with Crippen molar-refractivity contribution in [1.29, 1.82) is 0 Å². The smallest absolute Gasteiger partial charge is 0.408 e. The van der Waals surface area contributed by atoms with Crippen LogP contribution in [0.15, 0.2) is 76.8 Å². The molecule has 0 fully saturated rings. The van der Waals surface area contributed by atoms with Gasteiger partial charge in [-0.05, 0) is 42.7 Å². The highest BCUT2D eigenvalue weighted by Gasteiger charge is 2.21. The first-order valence-corrected chi connectivity index (χ1v) is 11.8. The van der Waals surface area contributed by atoms with E-state index in [2.05, 4.69) is 15.8 Å². The van der Waals surface area contributed by atoms with E-state index in [0.717, 1.165) is 11.1 Å². The molecule has 37 heavy (non-hydrogen) atoms. The largest absolute Gasteiger partial charge is 0.465 e. The SMILES string of the molecule is COC(=O)c1ccc(C(NC(=O)OCc2ccccc2)/C(C)=C/[C@@H](C)C(=O)NCc2cc(C)on2)cc1. The second kappa shape index (κ2) is 13.1. The molecule has 0 aliphatic carbocycles. The number of ether oxygens (including phenoxy) is 2. The highest BCUT2D eigenvalue weighted by atomic mass is 16.5. The Balaban J connectivity index is 1.73. The number of rotatable bonds is 10. The molecule has 0 aliphatic rings. The summed E-state index contributed by atoms with van der Waals surface area (Å²) in [6.45, 7) is 5.72. The molecule has 0 aliphatic heterocycles. The fourth-order valence-electron chi connectivity index (χ4n) is 3.68. The van der Waals surface area contributed by atoms with Crippen molar-refractivity contribution in [3.8, 4) is 0 Å². The van der Waals surface area contributed by atoms with Gasteiger partial charge in [0.25, 0.3) is 0 Å². The third-order valence-corrected chi connectivity index (χ3v) is 5.64. The molecular weight excluding hydrogens is 474 g/mol. The number of nitrogens with one attached hydrogen (secondary N) is 2. The van der Waals surface area contributed by atoms with Crippen LogP contribution in [0.2, 0.25) is 0 Å². The van der Waals surface area contributed by atoms with Crippen LogP contribution in [0.5, 0.6) is 0 Å². The standard InChI is InChI=1S/C28H31N3O6/c1-18(14-19(2)26(32)29-16-24-15-20(3)37-31-24)25(22-10-12-23(13-11-22)27(33)35-4)30-28(34)36-17-21-8-6-5-7-9-21/h5-15,19,25H,16-17H2,1-4H3,(H,29,32)(H,30,34)/b18-14+/t19-,25?/m1/s1. The molecule has 194 valence electrons. The highest BCUT2D eigenvalue weighted by Crippen LogP contribution is 2.24. The Bertz CT molecular complexity index is 1230. The molecule has 9 nitrogen and oxygen atoms in total. The number of benzene rings is 2. The van der Waals surface area contributed by atoms with Gasteiger partial charge in [0.05, 0.1) is 31.2 Å². The molecule has 1 aromatic heterocycles. The fourth-order valence-corrected chi connectivity index (χ4v) is 3.68. The predicted molar refractivity (Wildman–Crippen MR) is 136 cm³/mol. The average Bonchev–Trinajstić information content (AvgIpc) is 3.34. The molecule has 3 rings (SSSR count). The van der Waals surface area contributed by atoms with Crippen molar-refractivity contribution in [1.82, 2.24) is 15.8 Å². The number of amides is 2. The summed E-state index contributed by atoms with van der Waals surface area (Å²) in [5.41, 5.74) is 3.31. The van der Waals surface area contributed by atoms with Crippen LogP contribution in [-0.4, -0.2) is 30.2 Å². The Kier molecular flexibility index (Phi) is 9.60. The van der Waals surface area contributed by atoms with Gasteiger partial charge >= 0.3 is 12.1 Å². The number of methoxy groups -OCH3 is 1. The maximum absolute atomic E-state index is 12.7. The van der Waals surface area contributed by atoms with Gasteiger partial charge in [-0.1, -0.05) is 60.6 Å². The number of nitrogens with zero attached hydrogens (tertiary/aromatic N) is 1. The van der Waals surface area contributed by atoms with E-state index in [1.165, 1.54) is 7.11 Å². The summed E-state index contributed by atoms with van der Waals surface area (Å²) >= 11 is 0. The fraction of sp³-hybridized carbons (Fsp3) is 0.286. The van der Waals surface area contributed by atoms with Gasteiger partial charge in [0.2, 0.25) is 5.91 Å². The maximum Gasteiger partial charge on any atom is 0.408 e. The van der Waals surface area contributed by atoms with E-state index in [9.17, 15) is 14.4 Å². The molecule has 0 saturated heterocycles. The predicted octanol–water partition coefficient (Wildman–Crippen LogP) is 4.64. The Labute approximate surface area is 215 Å². The van der Waals surface area contributed by atoms with Crippen molar-refractivity contribution in [2.24, 2.45) is 5.92 Å². The van der Waals surface area contributed by atoms with Crippen molar-refractivity contribution >= 4 is 18.0 Å². The van der Waals surface area contributed by atoms with Gasteiger partial charge in [0.1, 0.15) is 18.1 Å². The van der Waals surface area contributed by atoms with Crippen LogP contribution >= 0.6 is 0 Å². The van der Waals surface area contributed by atoms with Gasteiger partial charge in [-0.2, -0.15) is 0 Å². The lowest BCUT2D eigenvalue weighted by Gasteiger charge is -2.21. The van der Waals surface area contributed by atoms with Crippen LogP contribution in [0.1, 0.15) is 52.8 Å². The van der Waals surface area contributed by atoms with Gasteiger partial charge in [-0.15, -0.1) is 0 Å². The number of esters is 1. The molecule has 3 aromatic rings. The van der Waals surface area contributed by atoms with Gasteiger partial charge in [0.15, 0.2) is 0 Å². The van der Waals surface area contributed by atoms with Crippen LogP contribution in [0.3, 0.4) is 0 Å². The van der Waals surface area contributed by atoms with E-state index in [1.54, 1.807) is 50.3 Å². The molecule has 2 N–H and O–H groups in total. The zero-order chi connectivity index (χ0) is 26.8. The zero-order valence-electron chi connectivity index (χ0n) is 21.3. The third-order valence-electron chi connectivity index (χ3n) is 5.64. The molecule has 2 aromatic carbocycles. The van der Waals surface area contributed by atoms with E-state index < -0.39 is 24.0 Å². The number of alkyl carbamates (subject to hydrolysis) is 1. The summed E-state index contributed by atoms with van der Waals surface area (Å²) in [6, 6.07) is 17.2. The summed E-state index contributed by atoms with van der Waals surface area (Å²) < 4.78 is 15.2. The molecular formula is C28H31N3O6. The lowest BCUT2D eigenvalue weighted by molar-refractivity contribution is -0.123. The molecule has 0 saturated carbocycles. The second-order valence-electron chi connectivity index (χ2n) is 8.60. The molecule has 1 heterocycles. The van der Waals surface area contributed by atoms with E-state index in [4.69, 9.17) is 14.0 Å². The minimum absolute atomic E-state index is 0.115. The maximum atomic E-state index is 12.7. The first-order chi connectivity index (χ1) is 17.8. The van der Waals surface area contributed by atoms with Crippen LogP contribution in [0.25, 0.3) is 0 Å². The Morgan fingerprint density at radius 2 is 1.78 bits per heavy atom. The number of carbonyl (C=O) groups is 3. The van der Waals surface area contributed by atoms with Crippen LogP contribution in [0.4, 0.5) is 4.79 Å². The third kappa shape index (κ3) is 8.06. The molecule has 0 bridgehead atoms. The average molecular weight is 506 g/mol.